The molecular formula is C16H24O. The van der Waals surface area contributed by atoms with Crippen molar-refractivity contribution in [3.05, 3.63) is 35.4 Å². The van der Waals surface area contributed by atoms with E-state index in [0.717, 1.165) is 25.7 Å². The number of benzene rings is 1. The number of aliphatic hydroxyl groups is 1. The fourth-order valence-electron chi connectivity index (χ4n) is 2.92. The van der Waals surface area contributed by atoms with Crippen molar-refractivity contribution in [2.75, 3.05) is 0 Å². The first kappa shape index (κ1) is 12.6. The Labute approximate surface area is 105 Å². The lowest BCUT2D eigenvalue weighted by molar-refractivity contribution is 0.122. The van der Waals surface area contributed by atoms with Gasteiger partial charge in [-0.2, -0.15) is 0 Å². The van der Waals surface area contributed by atoms with Gasteiger partial charge in [0, 0.05) is 0 Å². The Bertz CT molecular complexity index is 367. The SMILES string of the molecule is CC(C)(C)c1ccccc1C1CCC(O)CC1. The minimum absolute atomic E-state index is 0.0620. The highest BCUT2D eigenvalue weighted by Gasteiger charge is 2.25. The van der Waals surface area contributed by atoms with Crippen LogP contribution >= 0.6 is 0 Å². The van der Waals surface area contributed by atoms with E-state index in [1.54, 1.807) is 0 Å². The smallest absolute Gasteiger partial charge is 0.0540 e. The van der Waals surface area contributed by atoms with E-state index in [2.05, 4.69) is 45.0 Å². The monoisotopic (exact) mass is 232 g/mol. The Morgan fingerprint density at radius 1 is 1.00 bits per heavy atom. The van der Waals surface area contributed by atoms with Crippen molar-refractivity contribution in [2.45, 2.75) is 63.9 Å². The summed E-state index contributed by atoms with van der Waals surface area (Å²) in [4.78, 5) is 0. The van der Waals surface area contributed by atoms with Crippen LogP contribution in [0.2, 0.25) is 0 Å². The number of rotatable bonds is 1. The summed E-state index contributed by atoms with van der Waals surface area (Å²) in [7, 11) is 0. The predicted octanol–water partition coefficient (Wildman–Crippen LogP) is 4.00. The van der Waals surface area contributed by atoms with Gasteiger partial charge < -0.3 is 5.11 Å². The van der Waals surface area contributed by atoms with Crippen LogP contribution in [0.3, 0.4) is 0 Å². The van der Waals surface area contributed by atoms with Gasteiger partial charge in [0.25, 0.3) is 0 Å². The molecule has 0 bridgehead atoms. The minimum atomic E-state index is -0.0620. The molecule has 0 aromatic heterocycles. The molecule has 1 aliphatic carbocycles. The molecule has 0 radical (unpaired) electrons. The first-order valence-corrected chi connectivity index (χ1v) is 6.76. The lowest BCUT2D eigenvalue weighted by Gasteiger charge is -2.31. The summed E-state index contributed by atoms with van der Waals surface area (Å²) < 4.78 is 0. The fraction of sp³-hybridized carbons (Fsp3) is 0.625. The molecule has 0 saturated heterocycles. The lowest BCUT2D eigenvalue weighted by Crippen LogP contribution is -2.21. The molecule has 1 nitrogen and oxygen atoms in total. The van der Waals surface area contributed by atoms with Gasteiger partial charge in [-0.1, -0.05) is 45.0 Å². The molecule has 0 atom stereocenters. The summed E-state index contributed by atoms with van der Waals surface area (Å²) in [5.74, 6) is 0.647. The zero-order valence-corrected chi connectivity index (χ0v) is 11.2. The van der Waals surface area contributed by atoms with Crippen molar-refractivity contribution in [2.24, 2.45) is 0 Å². The van der Waals surface area contributed by atoms with Gasteiger partial charge in [0.2, 0.25) is 0 Å². The van der Waals surface area contributed by atoms with E-state index in [1.807, 2.05) is 0 Å². The van der Waals surface area contributed by atoms with Crippen LogP contribution in [0.1, 0.15) is 63.5 Å². The minimum Gasteiger partial charge on any atom is -0.393 e. The van der Waals surface area contributed by atoms with E-state index in [-0.39, 0.29) is 11.5 Å². The third-order valence-corrected chi connectivity index (χ3v) is 3.91. The van der Waals surface area contributed by atoms with Gasteiger partial charge in [-0.15, -0.1) is 0 Å². The maximum atomic E-state index is 9.60. The van der Waals surface area contributed by atoms with Crippen LogP contribution in [-0.4, -0.2) is 11.2 Å². The predicted molar refractivity (Wildman–Crippen MR) is 72.4 cm³/mol. The van der Waals surface area contributed by atoms with E-state index in [0.29, 0.717) is 5.92 Å². The molecule has 0 spiro atoms. The van der Waals surface area contributed by atoms with Crippen LogP contribution in [0.4, 0.5) is 0 Å². The number of hydrogen-bond acceptors (Lipinski definition) is 1. The molecule has 2 rings (SSSR count). The van der Waals surface area contributed by atoms with Crippen molar-refractivity contribution < 1.29 is 5.11 Å². The maximum Gasteiger partial charge on any atom is 0.0540 e. The summed E-state index contributed by atoms with van der Waals surface area (Å²) in [5, 5.41) is 9.60. The largest absolute Gasteiger partial charge is 0.393 e. The molecule has 1 fully saturated rings. The molecule has 0 unspecified atom stereocenters. The Hall–Kier alpha value is -0.820. The Kier molecular flexibility index (Phi) is 3.58. The average molecular weight is 232 g/mol. The molecule has 1 heteroatoms. The van der Waals surface area contributed by atoms with Crippen LogP contribution in [-0.2, 0) is 5.41 Å². The highest BCUT2D eigenvalue weighted by Crippen LogP contribution is 2.38. The summed E-state index contributed by atoms with van der Waals surface area (Å²) >= 11 is 0. The van der Waals surface area contributed by atoms with Gasteiger partial charge in [-0.3, -0.25) is 0 Å². The Morgan fingerprint density at radius 3 is 2.18 bits per heavy atom. The van der Waals surface area contributed by atoms with Crippen molar-refractivity contribution in [3.63, 3.8) is 0 Å². The molecule has 1 aromatic rings. The molecule has 0 aliphatic heterocycles. The summed E-state index contributed by atoms with van der Waals surface area (Å²) in [6.07, 6.45) is 4.13. The summed E-state index contributed by atoms with van der Waals surface area (Å²) in [5.41, 5.74) is 3.19. The van der Waals surface area contributed by atoms with Crippen LogP contribution in [0, 0.1) is 0 Å². The van der Waals surface area contributed by atoms with Gasteiger partial charge in [-0.25, -0.2) is 0 Å². The van der Waals surface area contributed by atoms with E-state index >= 15 is 0 Å². The van der Waals surface area contributed by atoms with Crippen LogP contribution in [0.15, 0.2) is 24.3 Å². The second kappa shape index (κ2) is 4.81. The van der Waals surface area contributed by atoms with Crippen molar-refractivity contribution in [3.8, 4) is 0 Å². The second-order valence-corrected chi connectivity index (χ2v) is 6.34. The first-order valence-electron chi connectivity index (χ1n) is 6.76. The Morgan fingerprint density at radius 2 is 1.59 bits per heavy atom. The highest BCUT2D eigenvalue weighted by molar-refractivity contribution is 5.35. The van der Waals surface area contributed by atoms with Gasteiger partial charge >= 0.3 is 0 Å². The second-order valence-electron chi connectivity index (χ2n) is 6.34. The van der Waals surface area contributed by atoms with Crippen molar-refractivity contribution >= 4 is 0 Å². The summed E-state index contributed by atoms with van der Waals surface area (Å²) in [6.45, 7) is 6.84. The van der Waals surface area contributed by atoms with Crippen LogP contribution < -0.4 is 0 Å². The zero-order valence-electron chi connectivity index (χ0n) is 11.2. The van der Waals surface area contributed by atoms with Crippen LogP contribution in [0.5, 0.6) is 0 Å². The van der Waals surface area contributed by atoms with E-state index in [1.165, 1.54) is 11.1 Å². The van der Waals surface area contributed by atoms with E-state index in [9.17, 15) is 5.11 Å². The van der Waals surface area contributed by atoms with Crippen molar-refractivity contribution in [1.82, 2.24) is 0 Å². The first-order chi connectivity index (χ1) is 7.98. The highest BCUT2D eigenvalue weighted by atomic mass is 16.3. The Balaban J connectivity index is 2.26. The molecule has 0 amide bonds. The number of hydrogen-bond donors (Lipinski definition) is 1. The van der Waals surface area contributed by atoms with Crippen molar-refractivity contribution in [1.29, 1.82) is 0 Å². The average Bonchev–Trinajstić information content (AvgIpc) is 2.29. The van der Waals surface area contributed by atoms with Gasteiger partial charge in [0.05, 0.1) is 6.10 Å². The molecule has 1 saturated carbocycles. The zero-order chi connectivity index (χ0) is 12.5. The molecule has 1 aromatic carbocycles. The standard InChI is InChI=1S/C16H24O/c1-16(2,3)15-7-5-4-6-14(15)12-8-10-13(17)11-9-12/h4-7,12-13,17H,8-11H2,1-3H3. The normalized spacial score (nSPS) is 25.9. The van der Waals surface area contributed by atoms with E-state index < -0.39 is 0 Å². The lowest BCUT2D eigenvalue weighted by atomic mass is 9.75. The van der Waals surface area contributed by atoms with Gasteiger partial charge in [-0.05, 0) is 48.1 Å². The molecular weight excluding hydrogens is 208 g/mol. The van der Waals surface area contributed by atoms with Crippen LogP contribution in [0.25, 0.3) is 0 Å². The van der Waals surface area contributed by atoms with E-state index in [4.69, 9.17) is 0 Å². The fourth-order valence-corrected chi connectivity index (χ4v) is 2.92. The van der Waals surface area contributed by atoms with Gasteiger partial charge in [0.15, 0.2) is 0 Å². The van der Waals surface area contributed by atoms with Gasteiger partial charge in [0.1, 0.15) is 0 Å². The molecule has 1 aliphatic rings. The third-order valence-electron chi connectivity index (χ3n) is 3.91. The quantitative estimate of drug-likeness (QED) is 0.776. The third kappa shape index (κ3) is 2.90. The maximum absolute atomic E-state index is 9.60. The number of aliphatic hydroxyl groups excluding tert-OH is 1. The summed E-state index contributed by atoms with van der Waals surface area (Å²) in [6, 6.07) is 8.83. The molecule has 1 N–H and O–H groups in total. The topological polar surface area (TPSA) is 20.2 Å². The molecule has 0 heterocycles. The molecule has 17 heavy (non-hydrogen) atoms. The molecule has 94 valence electrons.